The summed E-state index contributed by atoms with van der Waals surface area (Å²) >= 11 is 0. The minimum atomic E-state index is -3.91. The van der Waals surface area contributed by atoms with Crippen molar-refractivity contribution in [3.05, 3.63) is 83.9 Å². The summed E-state index contributed by atoms with van der Waals surface area (Å²) < 4.78 is 38.3. The second-order valence-corrected chi connectivity index (χ2v) is 9.31. The predicted molar refractivity (Wildman–Crippen MR) is 128 cm³/mol. The standard InChI is InChI=1S/C25H28N2O5S/c1-19-9-12-21(13-10-19)27(33(29,30)22-7-5-4-6-8-22)18-25(28)26-16-15-20-11-14-23(31-2)24(17-20)32-3/h4-14,17H,15-16,18H2,1-3H3,(H,26,28). The van der Waals surface area contributed by atoms with E-state index in [0.29, 0.717) is 30.2 Å². The fraction of sp³-hybridized carbons (Fsp3) is 0.240. The molecule has 174 valence electrons. The highest BCUT2D eigenvalue weighted by molar-refractivity contribution is 7.92. The Morgan fingerprint density at radius 2 is 1.58 bits per heavy atom. The molecule has 3 aromatic carbocycles. The summed E-state index contributed by atoms with van der Waals surface area (Å²) in [5.41, 5.74) is 2.38. The highest BCUT2D eigenvalue weighted by Gasteiger charge is 2.26. The van der Waals surface area contributed by atoms with Crippen molar-refractivity contribution in [2.24, 2.45) is 0 Å². The lowest BCUT2D eigenvalue weighted by Gasteiger charge is -2.24. The molecule has 1 N–H and O–H groups in total. The molecule has 3 aromatic rings. The van der Waals surface area contributed by atoms with Crippen LogP contribution in [0.5, 0.6) is 11.5 Å². The van der Waals surface area contributed by atoms with Gasteiger partial charge >= 0.3 is 0 Å². The van der Waals surface area contributed by atoms with Crippen LogP contribution >= 0.6 is 0 Å². The molecule has 0 aromatic heterocycles. The van der Waals surface area contributed by atoms with Crippen LogP contribution in [0.4, 0.5) is 5.69 Å². The van der Waals surface area contributed by atoms with Crippen LogP contribution in [0.15, 0.2) is 77.7 Å². The fourth-order valence-corrected chi connectivity index (χ4v) is 4.76. The first-order valence-corrected chi connectivity index (χ1v) is 11.9. The SMILES string of the molecule is COc1ccc(CCNC(=O)CN(c2ccc(C)cc2)S(=O)(=O)c2ccccc2)cc1OC. The van der Waals surface area contributed by atoms with Crippen LogP contribution in [0.2, 0.25) is 0 Å². The molecular formula is C25H28N2O5S. The molecule has 0 aliphatic carbocycles. The third kappa shape index (κ3) is 6.04. The zero-order valence-corrected chi connectivity index (χ0v) is 19.8. The van der Waals surface area contributed by atoms with E-state index in [4.69, 9.17) is 9.47 Å². The highest BCUT2D eigenvalue weighted by atomic mass is 32.2. The van der Waals surface area contributed by atoms with Gasteiger partial charge in [-0.25, -0.2) is 8.42 Å². The number of methoxy groups -OCH3 is 2. The Bertz CT molecular complexity index is 1180. The number of carbonyl (C=O) groups is 1. The Labute approximate surface area is 195 Å². The van der Waals surface area contributed by atoms with E-state index in [0.717, 1.165) is 15.4 Å². The Morgan fingerprint density at radius 3 is 2.21 bits per heavy atom. The van der Waals surface area contributed by atoms with Crippen LogP contribution in [-0.2, 0) is 21.2 Å². The van der Waals surface area contributed by atoms with Crippen molar-refractivity contribution in [3.63, 3.8) is 0 Å². The molecule has 0 radical (unpaired) electrons. The topological polar surface area (TPSA) is 84.9 Å². The number of sulfonamides is 1. The monoisotopic (exact) mass is 468 g/mol. The molecular weight excluding hydrogens is 440 g/mol. The molecule has 0 aliphatic rings. The van der Waals surface area contributed by atoms with Crippen molar-refractivity contribution in [3.8, 4) is 11.5 Å². The van der Waals surface area contributed by atoms with Gasteiger partial charge in [-0.15, -0.1) is 0 Å². The van der Waals surface area contributed by atoms with Gasteiger partial charge < -0.3 is 14.8 Å². The van der Waals surface area contributed by atoms with Gasteiger partial charge in [0, 0.05) is 6.54 Å². The maximum Gasteiger partial charge on any atom is 0.264 e. The summed E-state index contributed by atoms with van der Waals surface area (Å²) in [6.45, 7) is 1.94. The molecule has 8 heteroatoms. The Kier molecular flexibility index (Phi) is 7.95. The van der Waals surface area contributed by atoms with Crippen molar-refractivity contribution in [2.75, 3.05) is 31.6 Å². The van der Waals surface area contributed by atoms with Gasteiger partial charge in [0.25, 0.3) is 10.0 Å². The second-order valence-electron chi connectivity index (χ2n) is 7.45. The number of hydrogen-bond acceptors (Lipinski definition) is 5. The van der Waals surface area contributed by atoms with Crippen LogP contribution in [0, 0.1) is 6.92 Å². The highest BCUT2D eigenvalue weighted by Crippen LogP contribution is 2.27. The molecule has 33 heavy (non-hydrogen) atoms. The third-order valence-electron chi connectivity index (χ3n) is 5.12. The molecule has 0 bridgehead atoms. The van der Waals surface area contributed by atoms with Crippen LogP contribution < -0.4 is 19.1 Å². The molecule has 0 aliphatic heterocycles. The number of ether oxygens (including phenoxy) is 2. The van der Waals surface area contributed by atoms with Crippen LogP contribution in [0.1, 0.15) is 11.1 Å². The van der Waals surface area contributed by atoms with Crippen molar-refractivity contribution in [2.45, 2.75) is 18.2 Å². The molecule has 0 fully saturated rings. The number of aryl methyl sites for hydroxylation is 1. The number of anilines is 1. The summed E-state index contributed by atoms with van der Waals surface area (Å²) in [4.78, 5) is 12.9. The van der Waals surface area contributed by atoms with E-state index in [1.165, 1.54) is 12.1 Å². The van der Waals surface area contributed by atoms with E-state index in [1.54, 1.807) is 44.6 Å². The normalized spacial score (nSPS) is 11.0. The van der Waals surface area contributed by atoms with Gasteiger partial charge in [0.2, 0.25) is 5.91 Å². The lowest BCUT2D eigenvalue weighted by Crippen LogP contribution is -2.41. The Balaban J connectivity index is 1.72. The van der Waals surface area contributed by atoms with Gasteiger partial charge in [-0.3, -0.25) is 9.10 Å². The van der Waals surface area contributed by atoms with Crippen molar-refractivity contribution >= 4 is 21.6 Å². The lowest BCUT2D eigenvalue weighted by atomic mass is 10.1. The maximum atomic E-state index is 13.3. The number of hydrogen-bond donors (Lipinski definition) is 1. The third-order valence-corrected chi connectivity index (χ3v) is 6.91. The predicted octanol–water partition coefficient (Wildman–Crippen LogP) is 3.57. The number of amides is 1. The minimum Gasteiger partial charge on any atom is -0.493 e. The fourth-order valence-electron chi connectivity index (χ4n) is 3.31. The molecule has 1 amide bonds. The van der Waals surface area contributed by atoms with E-state index in [9.17, 15) is 13.2 Å². The van der Waals surface area contributed by atoms with Crippen LogP contribution in [-0.4, -0.2) is 41.6 Å². The zero-order chi connectivity index (χ0) is 23.8. The first-order chi connectivity index (χ1) is 15.8. The second kappa shape index (κ2) is 10.9. The van der Waals surface area contributed by atoms with Gasteiger partial charge in [-0.2, -0.15) is 0 Å². The summed E-state index contributed by atoms with van der Waals surface area (Å²) in [6.07, 6.45) is 0.558. The largest absolute Gasteiger partial charge is 0.493 e. The van der Waals surface area contributed by atoms with Crippen molar-refractivity contribution < 1.29 is 22.7 Å². The molecule has 3 rings (SSSR count). The molecule has 0 saturated carbocycles. The average molecular weight is 469 g/mol. The molecule has 0 unspecified atom stereocenters. The van der Waals surface area contributed by atoms with Crippen LogP contribution in [0.25, 0.3) is 0 Å². The van der Waals surface area contributed by atoms with Crippen molar-refractivity contribution in [1.82, 2.24) is 5.32 Å². The first kappa shape index (κ1) is 24.1. The Hall–Kier alpha value is -3.52. The summed E-state index contributed by atoms with van der Waals surface area (Å²) in [7, 11) is -0.778. The average Bonchev–Trinajstić information content (AvgIpc) is 2.83. The van der Waals surface area contributed by atoms with Gasteiger partial charge in [-0.05, 0) is 55.3 Å². The molecule has 0 saturated heterocycles. The zero-order valence-electron chi connectivity index (χ0n) is 18.9. The molecule has 0 spiro atoms. The number of carbonyl (C=O) groups excluding carboxylic acids is 1. The molecule has 7 nitrogen and oxygen atoms in total. The van der Waals surface area contributed by atoms with E-state index in [2.05, 4.69) is 5.32 Å². The minimum absolute atomic E-state index is 0.128. The van der Waals surface area contributed by atoms with Gasteiger partial charge in [-0.1, -0.05) is 42.0 Å². The van der Waals surface area contributed by atoms with Gasteiger partial charge in [0.1, 0.15) is 6.54 Å². The molecule has 0 atom stereocenters. The van der Waals surface area contributed by atoms with E-state index < -0.39 is 15.9 Å². The summed E-state index contributed by atoms with van der Waals surface area (Å²) in [6, 6.07) is 20.7. The van der Waals surface area contributed by atoms with E-state index in [-0.39, 0.29) is 11.4 Å². The van der Waals surface area contributed by atoms with Crippen LogP contribution in [0.3, 0.4) is 0 Å². The smallest absolute Gasteiger partial charge is 0.264 e. The number of benzene rings is 3. The van der Waals surface area contributed by atoms with E-state index in [1.807, 2.05) is 37.3 Å². The number of nitrogens with one attached hydrogen (secondary N) is 1. The maximum absolute atomic E-state index is 13.3. The quantitative estimate of drug-likeness (QED) is 0.492. The summed E-state index contributed by atoms with van der Waals surface area (Å²) in [5, 5.41) is 2.82. The van der Waals surface area contributed by atoms with Gasteiger partial charge in [0.15, 0.2) is 11.5 Å². The van der Waals surface area contributed by atoms with Gasteiger partial charge in [0.05, 0.1) is 24.8 Å². The molecule has 0 heterocycles. The van der Waals surface area contributed by atoms with Crippen molar-refractivity contribution in [1.29, 1.82) is 0 Å². The number of rotatable bonds is 10. The summed E-state index contributed by atoms with van der Waals surface area (Å²) in [5.74, 6) is 0.849. The Morgan fingerprint density at radius 1 is 0.909 bits per heavy atom. The van der Waals surface area contributed by atoms with E-state index >= 15 is 0 Å². The first-order valence-electron chi connectivity index (χ1n) is 10.5. The lowest BCUT2D eigenvalue weighted by molar-refractivity contribution is -0.119. The number of nitrogens with zero attached hydrogens (tertiary/aromatic N) is 1.